The molecule has 3 heterocycles. The molecular weight excluding hydrogens is 266 g/mol. The number of ether oxygens (including phenoxy) is 2. The summed E-state index contributed by atoms with van der Waals surface area (Å²) < 4.78 is 11.2. The number of hydrogen-bond donors (Lipinski definition) is 0. The summed E-state index contributed by atoms with van der Waals surface area (Å²) in [5, 5.41) is 0. The van der Waals surface area contributed by atoms with Crippen LogP contribution in [0.3, 0.4) is 0 Å². The maximum Gasteiger partial charge on any atom is 0.128 e. The molecule has 5 heteroatoms. The monoisotopic (exact) mass is 291 g/mol. The van der Waals surface area contributed by atoms with E-state index in [1.54, 1.807) is 0 Å². The Bertz CT molecular complexity index is 415. The molecule has 2 aliphatic rings. The number of anilines is 1. The molecule has 0 amide bonds. The summed E-state index contributed by atoms with van der Waals surface area (Å²) in [6.45, 7) is 5.48. The molecule has 0 saturated carbocycles. The fraction of sp³-hybridized carbons (Fsp3) is 0.688. The van der Waals surface area contributed by atoms with Crippen molar-refractivity contribution < 1.29 is 9.47 Å². The van der Waals surface area contributed by atoms with E-state index in [2.05, 4.69) is 27.9 Å². The molecule has 1 aromatic rings. The first kappa shape index (κ1) is 14.8. The number of likely N-dealkylation sites (tertiary alicyclic amines) is 1. The molecule has 5 nitrogen and oxygen atoms in total. The first-order valence-corrected chi connectivity index (χ1v) is 7.88. The van der Waals surface area contributed by atoms with E-state index in [-0.39, 0.29) is 6.10 Å². The average molecular weight is 291 g/mol. The Morgan fingerprint density at radius 3 is 2.81 bits per heavy atom. The van der Waals surface area contributed by atoms with E-state index in [0.717, 1.165) is 45.3 Å². The van der Waals surface area contributed by atoms with Crippen molar-refractivity contribution in [3.8, 4) is 0 Å². The fourth-order valence-corrected chi connectivity index (χ4v) is 3.17. The molecule has 3 rings (SSSR count). The van der Waals surface area contributed by atoms with Crippen LogP contribution in [0.4, 0.5) is 5.82 Å². The van der Waals surface area contributed by atoms with Gasteiger partial charge in [0.05, 0.1) is 25.9 Å². The van der Waals surface area contributed by atoms with Crippen LogP contribution in [0, 0.1) is 0 Å². The summed E-state index contributed by atoms with van der Waals surface area (Å²) in [6.07, 6.45) is 4.48. The van der Waals surface area contributed by atoms with Gasteiger partial charge in [0.15, 0.2) is 0 Å². The predicted octanol–water partition coefficient (Wildman–Crippen LogP) is 1.40. The summed E-state index contributed by atoms with van der Waals surface area (Å²) in [4.78, 5) is 9.26. The Balaban J connectivity index is 1.46. The maximum absolute atomic E-state index is 5.74. The van der Waals surface area contributed by atoms with Crippen molar-refractivity contribution in [2.75, 3.05) is 51.4 Å². The second-order valence-corrected chi connectivity index (χ2v) is 5.90. The molecule has 2 saturated heterocycles. The van der Waals surface area contributed by atoms with Gasteiger partial charge < -0.3 is 19.3 Å². The van der Waals surface area contributed by atoms with Gasteiger partial charge in [-0.1, -0.05) is 6.07 Å². The molecule has 1 unspecified atom stereocenters. The van der Waals surface area contributed by atoms with Crippen molar-refractivity contribution in [3.63, 3.8) is 0 Å². The zero-order chi connectivity index (χ0) is 14.5. The smallest absolute Gasteiger partial charge is 0.128 e. The molecule has 0 N–H and O–H groups in total. The maximum atomic E-state index is 5.74. The molecule has 2 fully saturated rings. The van der Waals surface area contributed by atoms with Crippen LogP contribution in [0.25, 0.3) is 0 Å². The Morgan fingerprint density at radius 1 is 1.29 bits per heavy atom. The van der Waals surface area contributed by atoms with Crippen molar-refractivity contribution >= 4 is 5.82 Å². The number of rotatable bonds is 4. The number of nitrogens with zero attached hydrogens (tertiary/aromatic N) is 3. The van der Waals surface area contributed by atoms with Crippen molar-refractivity contribution in [1.82, 2.24) is 9.88 Å². The first-order chi connectivity index (χ1) is 10.3. The SMILES string of the molecule is CN(c1ccccn1)C1CCN(CC2COCCO2)CC1. The topological polar surface area (TPSA) is 37.8 Å². The average Bonchev–Trinajstić information content (AvgIpc) is 2.57. The standard InChI is InChI=1S/C16H25N3O2/c1-18(16-4-2-3-7-17-16)14-5-8-19(9-6-14)12-15-13-20-10-11-21-15/h2-4,7,14-15H,5-6,8-13H2,1H3. The van der Waals surface area contributed by atoms with Gasteiger partial charge in [-0.15, -0.1) is 0 Å². The second kappa shape index (κ2) is 7.20. The van der Waals surface area contributed by atoms with Gasteiger partial charge in [-0.25, -0.2) is 4.98 Å². The minimum atomic E-state index is 0.254. The van der Waals surface area contributed by atoms with E-state index in [4.69, 9.17) is 9.47 Å². The zero-order valence-corrected chi connectivity index (χ0v) is 12.8. The van der Waals surface area contributed by atoms with Crippen molar-refractivity contribution in [3.05, 3.63) is 24.4 Å². The van der Waals surface area contributed by atoms with Gasteiger partial charge in [-0.05, 0) is 25.0 Å². The lowest BCUT2D eigenvalue weighted by molar-refractivity contribution is -0.0987. The van der Waals surface area contributed by atoms with Gasteiger partial charge in [-0.3, -0.25) is 0 Å². The van der Waals surface area contributed by atoms with Crippen molar-refractivity contribution in [1.29, 1.82) is 0 Å². The number of aromatic nitrogens is 1. The third-order valence-corrected chi connectivity index (χ3v) is 4.46. The highest BCUT2D eigenvalue weighted by molar-refractivity contribution is 5.37. The molecule has 116 valence electrons. The Morgan fingerprint density at radius 2 is 2.14 bits per heavy atom. The van der Waals surface area contributed by atoms with Crippen LogP contribution in [0.1, 0.15) is 12.8 Å². The Kier molecular flexibility index (Phi) is 5.06. The van der Waals surface area contributed by atoms with E-state index in [1.807, 2.05) is 18.3 Å². The van der Waals surface area contributed by atoms with Gasteiger partial charge in [0, 0.05) is 38.9 Å². The van der Waals surface area contributed by atoms with Gasteiger partial charge in [0.2, 0.25) is 0 Å². The highest BCUT2D eigenvalue weighted by Crippen LogP contribution is 2.20. The third-order valence-electron chi connectivity index (χ3n) is 4.46. The lowest BCUT2D eigenvalue weighted by Crippen LogP contribution is -2.47. The Hall–Kier alpha value is -1.17. The predicted molar refractivity (Wildman–Crippen MR) is 82.7 cm³/mol. The molecular formula is C16H25N3O2. The number of hydrogen-bond acceptors (Lipinski definition) is 5. The summed E-state index contributed by atoms with van der Waals surface area (Å²) in [5.41, 5.74) is 0. The Labute approximate surface area is 126 Å². The molecule has 2 aliphatic heterocycles. The molecule has 0 aromatic carbocycles. The lowest BCUT2D eigenvalue weighted by Gasteiger charge is -2.38. The van der Waals surface area contributed by atoms with Crippen molar-refractivity contribution in [2.45, 2.75) is 25.0 Å². The fourth-order valence-electron chi connectivity index (χ4n) is 3.17. The van der Waals surface area contributed by atoms with Crippen LogP contribution >= 0.6 is 0 Å². The minimum Gasteiger partial charge on any atom is -0.376 e. The molecule has 0 spiro atoms. The highest BCUT2D eigenvalue weighted by atomic mass is 16.6. The van der Waals surface area contributed by atoms with Crippen LogP contribution in [0.5, 0.6) is 0 Å². The van der Waals surface area contributed by atoms with Crippen LogP contribution in [-0.4, -0.2) is 68.5 Å². The molecule has 0 radical (unpaired) electrons. The van der Waals surface area contributed by atoms with Gasteiger partial charge in [-0.2, -0.15) is 0 Å². The van der Waals surface area contributed by atoms with Gasteiger partial charge in [0.1, 0.15) is 5.82 Å². The molecule has 1 atom stereocenters. The molecule has 0 bridgehead atoms. The van der Waals surface area contributed by atoms with E-state index >= 15 is 0 Å². The number of pyridine rings is 1. The second-order valence-electron chi connectivity index (χ2n) is 5.90. The summed E-state index contributed by atoms with van der Waals surface area (Å²) in [6, 6.07) is 6.68. The van der Waals surface area contributed by atoms with E-state index in [1.165, 1.54) is 12.8 Å². The molecule has 21 heavy (non-hydrogen) atoms. The quantitative estimate of drug-likeness (QED) is 0.838. The van der Waals surface area contributed by atoms with Crippen LogP contribution in [-0.2, 0) is 9.47 Å². The van der Waals surface area contributed by atoms with Crippen molar-refractivity contribution in [2.24, 2.45) is 0 Å². The summed E-state index contributed by atoms with van der Waals surface area (Å²) >= 11 is 0. The van der Waals surface area contributed by atoms with E-state index in [9.17, 15) is 0 Å². The number of piperidine rings is 1. The largest absolute Gasteiger partial charge is 0.376 e. The molecule has 0 aliphatic carbocycles. The van der Waals surface area contributed by atoms with Crippen LogP contribution in [0.2, 0.25) is 0 Å². The van der Waals surface area contributed by atoms with Gasteiger partial charge in [0.25, 0.3) is 0 Å². The summed E-state index contributed by atoms with van der Waals surface area (Å²) in [7, 11) is 2.15. The van der Waals surface area contributed by atoms with E-state index in [0.29, 0.717) is 6.04 Å². The van der Waals surface area contributed by atoms with Crippen LogP contribution in [0.15, 0.2) is 24.4 Å². The highest BCUT2D eigenvalue weighted by Gasteiger charge is 2.25. The first-order valence-electron chi connectivity index (χ1n) is 7.88. The minimum absolute atomic E-state index is 0.254. The van der Waals surface area contributed by atoms with Crippen LogP contribution < -0.4 is 4.90 Å². The lowest BCUT2D eigenvalue weighted by atomic mass is 10.0. The summed E-state index contributed by atoms with van der Waals surface area (Å²) in [5.74, 6) is 1.07. The zero-order valence-electron chi connectivity index (χ0n) is 12.8. The van der Waals surface area contributed by atoms with E-state index < -0.39 is 0 Å². The van der Waals surface area contributed by atoms with Gasteiger partial charge >= 0.3 is 0 Å². The molecule has 1 aromatic heterocycles. The normalized spacial score (nSPS) is 24.9. The third kappa shape index (κ3) is 3.93.